The highest BCUT2D eigenvalue weighted by Crippen LogP contribution is 2.37. The molecule has 27 heavy (non-hydrogen) atoms. The molecule has 5 aromatic rings. The summed E-state index contributed by atoms with van der Waals surface area (Å²) in [7, 11) is 0. The molecule has 0 amide bonds. The van der Waals surface area contributed by atoms with Crippen molar-refractivity contribution in [1.29, 1.82) is 0 Å². The minimum absolute atomic E-state index is 0.881. The van der Waals surface area contributed by atoms with Crippen LogP contribution in [-0.4, -0.2) is 29.5 Å². The molecule has 6 nitrogen and oxygen atoms in total. The summed E-state index contributed by atoms with van der Waals surface area (Å²) >= 11 is 3.31. The lowest BCUT2D eigenvalue weighted by Crippen LogP contribution is -1.97. The summed E-state index contributed by atoms with van der Waals surface area (Å²) in [5, 5.41) is 10.9. The second-order valence-corrected chi connectivity index (χ2v) is 8.88. The first-order valence-corrected chi connectivity index (χ1v) is 10.3. The molecule has 0 saturated heterocycles. The first-order valence-electron chi connectivity index (χ1n) is 8.68. The van der Waals surface area contributed by atoms with Crippen LogP contribution in [0, 0.1) is 34.6 Å². The Bertz CT molecular complexity index is 1330. The molecule has 0 aliphatic carbocycles. The molecule has 8 heteroatoms. The monoisotopic (exact) mass is 394 g/mol. The summed E-state index contributed by atoms with van der Waals surface area (Å²) in [5.41, 5.74) is 7.32. The van der Waals surface area contributed by atoms with Gasteiger partial charge in [0.1, 0.15) is 5.52 Å². The molecular weight excluding hydrogens is 376 g/mol. The van der Waals surface area contributed by atoms with Crippen LogP contribution in [0.25, 0.3) is 30.7 Å². The Labute approximate surface area is 164 Å². The van der Waals surface area contributed by atoms with Crippen LogP contribution in [0.4, 0.5) is 0 Å². The van der Waals surface area contributed by atoms with Gasteiger partial charge in [-0.1, -0.05) is 22.7 Å². The Hall–Kier alpha value is -2.58. The molecule has 0 saturated carbocycles. The molecule has 0 spiro atoms. The standard InChI is InChI=1S/C19H18N6S2/c1-9-6-14-16(21-18(26-14)24-12(4)7-10(2)22-24)17-15(9)20-19(27-17)25-13(5)8-11(3)23-25/h6-8H,1-5H3. The minimum atomic E-state index is 0.881. The summed E-state index contributed by atoms with van der Waals surface area (Å²) in [6.45, 7) is 10.2. The van der Waals surface area contributed by atoms with E-state index in [1.165, 1.54) is 0 Å². The molecule has 0 unspecified atom stereocenters. The molecule has 136 valence electrons. The largest absolute Gasteiger partial charge is 0.218 e. The Kier molecular flexibility index (Phi) is 3.50. The van der Waals surface area contributed by atoms with Crippen LogP contribution in [-0.2, 0) is 0 Å². The molecule has 4 aromatic heterocycles. The third-order valence-corrected chi connectivity index (χ3v) is 6.59. The van der Waals surface area contributed by atoms with Gasteiger partial charge in [0.25, 0.3) is 0 Å². The lowest BCUT2D eigenvalue weighted by molar-refractivity contribution is 0.827. The quantitative estimate of drug-likeness (QED) is 0.431. The van der Waals surface area contributed by atoms with E-state index in [0.717, 1.165) is 59.0 Å². The number of aromatic nitrogens is 6. The SMILES string of the molecule is Cc1cc(C)n(-c2nc3c(cc(C)c4nc(-n5nc(C)cc5C)sc43)s2)n1. The van der Waals surface area contributed by atoms with Crippen LogP contribution < -0.4 is 0 Å². The zero-order chi connectivity index (χ0) is 18.9. The molecule has 4 heterocycles. The van der Waals surface area contributed by atoms with E-state index in [4.69, 9.17) is 9.97 Å². The normalized spacial score (nSPS) is 11.9. The van der Waals surface area contributed by atoms with Crippen molar-refractivity contribution in [2.45, 2.75) is 34.6 Å². The van der Waals surface area contributed by atoms with Gasteiger partial charge in [-0.2, -0.15) is 10.2 Å². The smallest absolute Gasteiger partial charge is 0.211 e. The van der Waals surface area contributed by atoms with Crippen molar-refractivity contribution in [1.82, 2.24) is 29.5 Å². The van der Waals surface area contributed by atoms with Gasteiger partial charge in [0.2, 0.25) is 10.3 Å². The maximum absolute atomic E-state index is 4.92. The fourth-order valence-corrected chi connectivity index (χ4v) is 5.70. The van der Waals surface area contributed by atoms with Crippen molar-refractivity contribution in [3.8, 4) is 10.3 Å². The van der Waals surface area contributed by atoms with Gasteiger partial charge in [-0.3, -0.25) is 0 Å². The zero-order valence-electron chi connectivity index (χ0n) is 15.7. The number of hydrogen-bond acceptors (Lipinski definition) is 6. The van der Waals surface area contributed by atoms with Crippen molar-refractivity contribution >= 4 is 43.1 Å². The van der Waals surface area contributed by atoms with E-state index in [2.05, 4.69) is 49.2 Å². The summed E-state index contributed by atoms with van der Waals surface area (Å²) in [6.07, 6.45) is 0. The first-order chi connectivity index (χ1) is 12.9. The molecule has 1 aromatic carbocycles. The molecule has 0 N–H and O–H groups in total. The van der Waals surface area contributed by atoms with Crippen molar-refractivity contribution in [3.05, 3.63) is 46.5 Å². The Morgan fingerprint density at radius 2 is 1.26 bits per heavy atom. The van der Waals surface area contributed by atoms with Gasteiger partial charge in [-0.05, 0) is 58.4 Å². The van der Waals surface area contributed by atoms with E-state index in [1.807, 2.05) is 23.2 Å². The molecule has 0 aliphatic heterocycles. The minimum Gasteiger partial charge on any atom is -0.218 e. The van der Waals surface area contributed by atoms with Gasteiger partial charge in [0.05, 0.1) is 26.3 Å². The fraction of sp³-hybridized carbons (Fsp3) is 0.263. The molecule has 0 bridgehead atoms. The van der Waals surface area contributed by atoms with E-state index in [9.17, 15) is 0 Å². The van der Waals surface area contributed by atoms with Gasteiger partial charge < -0.3 is 0 Å². The summed E-state index contributed by atoms with van der Waals surface area (Å²) < 4.78 is 6.10. The first kappa shape index (κ1) is 16.6. The maximum Gasteiger partial charge on any atom is 0.211 e. The molecule has 5 rings (SSSR count). The highest BCUT2D eigenvalue weighted by atomic mass is 32.1. The fourth-order valence-electron chi connectivity index (χ4n) is 3.41. The number of hydrogen-bond donors (Lipinski definition) is 0. The lowest BCUT2D eigenvalue weighted by atomic mass is 10.2. The van der Waals surface area contributed by atoms with Gasteiger partial charge in [-0.25, -0.2) is 19.3 Å². The van der Waals surface area contributed by atoms with Gasteiger partial charge in [0, 0.05) is 11.4 Å². The second-order valence-electron chi connectivity index (χ2n) is 6.89. The predicted octanol–water partition coefficient (Wildman–Crippen LogP) is 4.82. The van der Waals surface area contributed by atoms with Crippen LogP contribution in [0.1, 0.15) is 28.3 Å². The Balaban J connectivity index is 1.76. The van der Waals surface area contributed by atoms with E-state index in [-0.39, 0.29) is 0 Å². The number of rotatable bonds is 2. The van der Waals surface area contributed by atoms with E-state index in [0.29, 0.717) is 0 Å². The van der Waals surface area contributed by atoms with Gasteiger partial charge in [-0.15, -0.1) is 0 Å². The van der Waals surface area contributed by atoms with Crippen molar-refractivity contribution < 1.29 is 0 Å². The molecule has 0 atom stereocenters. The van der Waals surface area contributed by atoms with Gasteiger partial charge in [0.15, 0.2) is 0 Å². The van der Waals surface area contributed by atoms with Crippen LogP contribution in [0.15, 0.2) is 18.2 Å². The summed E-state index contributed by atoms with van der Waals surface area (Å²) in [6, 6.07) is 6.31. The van der Waals surface area contributed by atoms with Crippen molar-refractivity contribution in [2.24, 2.45) is 0 Å². The van der Waals surface area contributed by atoms with Crippen molar-refractivity contribution in [2.75, 3.05) is 0 Å². The van der Waals surface area contributed by atoms with Crippen LogP contribution in [0.3, 0.4) is 0 Å². The molecular formula is C19H18N6S2. The topological polar surface area (TPSA) is 61.4 Å². The van der Waals surface area contributed by atoms with Crippen LogP contribution in [0.5, 0.6) is 0 Å². The highest BCUT2D eigenvalue weighted by molar-refractivity contribution is 7.24. The van der Waals surface area contributed by atoms with E-state index < -0.39 is 0 Å². The van der Waals surface area contributed by atoms with Crippen LogP contribution >= 0.6 is 22.7 Å². The summed E-state index contributed by atoms with van der Waals surface area (Å²) in [4.78, 5) is 9.79. The summed E-state index contributed by atoms with van der Waals surface area (Å²) in [5.74, 6) is 0. The number of nitrogens with zero attached hydrogens (tertiary/aromatic N) is 6. The number of thiazole rings is 2. The van der Waals surface area contributed by atoms with E-state index >= 15 is 0 Å². The number of fused-ring (bicyclic) bond motifs is 3. The number of aryl methyl sites for hydroxylation is 5. The zero-order valence-corrected chi connectivity index (χ0v) is 17.4. The highest BCUT2D eigenvalue weighted by Gasteiger charge is 2.18. The molecule has 0 aliphatic rings. The lowest BCUT2D eigenvalue weighted by Gasteiger charge is -1.97. The third kappa shape index (κ3) is 2.51. The van der Waals surface area contributed by atoms with E-state index in [1.54, 1.807) is 22.7 Å². The average Bonchev–Trinajstić information content (AvgIpc) is 3.32. The Morgan fingerprint density at radius 1 is 0.704 bits per heavy atom. The molecule has 0 fully saturated rings. The average molecular weight is 395 g/mol. The van der Waals surface area contributed by atoms with Crippen molar-refractivity contribution in [3.63, 3.8) is 0 Å². The third-order valence-electron chi connectivity index (χ3n) is 4.58. The second kappa shape index (κ2) is 5.71. The maximum atomic E-state index is 4.92. The van der Waals surface area contributed by atoms with Gasteiger partial charge >= 0.3 is 0 Å². The molecule has 0 radical (unpaired) electrons. The number of benzene rings is 1. The Morgan fingerprint density at radius 3 is 1.81 bits per heavy atom. The van der Waals surface area contributed by atoms with Crippen LogP contribution in [0.2, 0.25) is 0 Å². The predicted molar refractivity (Wildman–Crippen MR) is 111 cm³/mol.